The van der Waals surface area contributed by atoms with Gasteiger partial charge in [0.25, 0.3) is 0 Å². The third-order valence-corrected chi connectivity index (χ3v) is 9.15. The molecule has 0 aliphatic heterocycles. The topological polar surface area (TPSA) is 137 Å². The molecule has 0 aliphatic rings. The number of unbranched alkanes of at least 4 members (excludes halogenated alkanes) is 3. The van der Waals surface area contributed by atoms with E-state index in [0.29, 0.717) is 48.9 Å². The predicted octanol–water partition coefficient (Wildman–Crippen LogP) is 5.70. The van der Waals surface area contributed by atoms with Crippen molar-refractivity contribution in [2.24, 2.45) is 0 Å². The zero-order valence-electron chi connectivity index (χ0n) is 27.0. The fraction of sp³-hybridized carbons (Fsp3) is 0.314. The monoisotopic (exact) mass is 653 g/mol. The van der Waals surface area contributed by atoms with E-state index in [-0.39, 0.29) is 0 Å². The Labute approximate surface area is 277 Å². The summed E-state index contributed by atoms with van der Waals surface area (Å²) in [6.45, 7) is 2.31. The maximum Gasteiger partial charge on any atom is 0.241 e. The first-order valence-electron chi connectivity index (χ1n) is 16.0. The Bertz CT molecular complexity index is 1820. The van der Waals surface area contributed by atoms with Gasteiger partial charge in [-0.05, 0) is 42.7 Å². The van der Waals surface area contributed by atoms with Crippen molar-refractivity contribution in [3.05, 3.63) is 102 Å². The summed E-state index contributed by atoms with van der Waals surface area (Å²) < 4.78 is 29.1. The Morgan fingerprint density at radius 2 is 1.30 bits per heavy atom. The summed E-state index contributed by atoms with van der Waals surface area (Å²) in [5.74, 6) is 1.48. The summed E-state index contributed by atoms with van der Waals surface area (Å²) >= 11 is 0. The number of nitrogens with zero attached hydrogens (tertiary/aromatic N) is 5. The van der Waals surface area contributed by atoms with E-state index < -0.39 is 10.0 Å². The fourth-order valence-corrected chi connectivity index (χ4v) is 6.51. The van der Waals surface area contributed by atoms with E-state index in [0.717, 1.165) is 59.8 Å². The van der Waals surface area contributed by atoms with Gasteiger partial charge in [-0.15, -0.1) is 0 Å². The van der Waals surface area contributed by atoms with Crippen molar-refractivity contribution in [2.45, 2.75) is 43.5 Å². The number of nitrogens with one attached hydrogen (secondary N) is 4. The Hall–Kier alpha value is -4.81. The molecule has 0 fully saturated rings. The van der Waals surface area contributed by atoms with E-state index >= 15 is 0 Å². The third-order valence-electron chi connectivity index (χ3n) is 7.63. The second kappa shape index (κ2) is 16.7. The van der Waals surface area contributed by atoms with Gasteiger partial charge in [0.05, 0.1) is 4.90 Å². The Morgan fingerprint density at radius 1 is 0.638 bits per heavy atom. The maximum absolute atomic E-state index is 13.2. The molecular weight excluding hydrogens is 611 g/mol. The Kier molecular flexibility index (Phi) is 11.9. The van der Waals surface area contributed by atoms with Crippen molar-refractivity contribution >= 4 is 44.3 Å². The minimum atomic E-state index is -3.63. The van der Waals surface area contributed by atoms with E-state index in [1.807, 2.05) is 79.7 Å². The molecule has 3 aromatic carbocycles. The number of hydrogen-bond donors (Lipinski definition) is 4. The molecule has 5 rings (SSSR count). The van der Waals surface area contributed by atoms with E-state index in [1.54, 1.807) is 18.3 Å². The molecule has 2 aromatic heterocycles. The highest BCUT2D eigenvalue weighted by Crippen LogP contribution is 2.30. The number of aromatic nitrogens is 4. The summed E-state index contributed by atoms with van der Waals surface area (Å²) in [5.41, 5.74) is 3.11. The molecule has 0 saturated heterocycles. The SMILES string of the molecule is CN(C)c1cccc2c(S(=O)(=O)NCCCCCCNc3nc(NCCc4ccccn4)nc(NCc4ccccc4)n3)cccc12. The Balaban J connectivity index is 1.08. The van der Waals surface area contributed by atoms with Gasteiger partial charge in [0, 0.05) is 75.0 Å². The first kappa shape index (κ1) is 33.6. The molecule has 0 unspecified atom stereocenters. The van der Waals surface area contributed by atoms with Gasteiger partial charge in [-0.2, -0.15) is 15.0 Å². The summed E-state index contributed by atoms with van der Waals surface area (Å²) in [7, 11) is 0.274. The smallest absolute Gasteiger partial charge is 0.241 e. The van der Waals surface area contributed by atoms with Crippen molar-refractivity contribution < 1.29 is 8.42 Å². The van der Waals surface area contributed by atoms with Crippen LogP contribution in [-0.2, 0) is 23.0 Å². The fourth-order valence-electron chi connectivity index (χ4n) is 5.22. The van der Waals surface area contributed by atoms with Crippen LogP contribution in [0.25, 0.3) is 10.8 Å². The standard InChI is InChI=1S/C35H43N9O2S/c1-44(2)31-19-12-18-30-29(31)17-13-20-32(30)47(45,46)40-24-10-4-3-9-23-37-33-41-34(38-25-21-28-16-8-11-22-36-28)43-35(42-33)39-26-27-14-6-5-7-15-27/h5-8,11-20,22,40H,3-4,9-10,21,23-26H2,1-2H3,(H3,37,38,39,41,42,43). The van der Waals surface area contributed by atoms with Crippen molar-refractivity contribution in [3.8, 4) is 0 Å². The van der Waals surface area contributed by atoms with E-state index in [2.05, 4.69) is 52.7 Å². The van der Waals surface area contributed by atoms with Crippen molar-refractivity contribution in [1.82, 2.24) is 24.7 Å². The molecule has 0 amide bonds. The lowest BCUT2D eigenvalue weighted by Gasteiger charge is -2.17. The molecule has 11 nitrogen and oxygen atoms in total. The third kappa shape index (κ3) is 9.84. The van der Waals surface area contributed by atoms with E-state index in [9.17, 15) is 8.42 Å². The number of benzene rings is 3. The molecule has 0 bridgehead atoms. The number of fused-ring (bicyclic) bond motifs is 1. The van der Waals surface area contributed by atoms with Crippen molar-refractivity contribution in [3.63, 3.8) is 0 Å². The molecule has 0 aliphatic carbocycles. The molecule has 12 heteroatoms. The van der Waals surface area contributed by atoms with Gasteiger partial charge in [-0.1, -0.05) is 73.5 Å². The van der Waals surface area contributed by atoms with Gasteiger partial charge in [0.2, 0.25) is 27.9 Å². The molecule has 0 saturated carbocycles. The Morgan fingerprint density at radius 3 is 2.02 bits per heavy atom. The molecule has 4 N–H and O–H groups in total. The lowest BCUT2D eigenvalue weighted by molar-refractivity contribution is 0.573. The zero-order chi connectivity index (χ0) is 32.9. The van der Waals surface area contributed by atoms with Crippen molar-refractivity contribution in [1.29, 1.82) is 0 Å². The second-order valence-corrected chi connectivity index (χ2v) is 13.1. The van der Waals surface area contributed by atoms with E-state index in [4.69, 9.17) is 0 Å². The lowest BCUT2D eigenvalue weighted by atomic mass is 10.1. The lowest BCUT2D eigenvalue weighted by Crippen LogP contribution is -2.25. The summed E-state index contributed by atoms with van der Waals surface area (Å²) in [6.07, 6.45) is 6.01. The maximum atomic E-state index is 13.2. The zero-order valence-corrected chi connectivity index (χ0v) is 27.8. The molecule has 0 spiro atoms. The van der Waals surface area contributed by atoms with Gasteiger partial charge in [0.1, 0.15) is 0 Å². The number of rotatable bonds is 18. The summed E-state index contributed by atoms with van der Waals surface area (Å²) in [6, 6.07) is 27.1. The normalized spacial score (nSPS) is 11.4. The highest BCUT2D eigenvalue weighted by molar-refractivity contribution is 7.89. The first-order valence-corrected chi connectivity index (χ1v) is 17.5. The predicted molar refractivity (Wildman–Crippen MR) is 190 cm³/mol. The van der Waals surface area contributed by atoms with Crippen LogP contribution in [0, 0.1) is 0 Å². The van der Waals surface area contributed by atoms with Crippen LogP contribution in [0.2, 0.25) is 0 Å². The van der Waals surface area contributed by atoms with Crippen LogP contribution >= 0.6 is 0 Å². The molecule has 246 valence electrons. The van der Waals surface area contributed by atoms with Crippen LogP contribution < -0.4 is 25.6 Å². The number of sulfonamides is 1. The highest BCUT2D eigenvalue weighted by Gasteiger charge is 2.18. The molecule has 0 atom stereocenters. The van der Waals surface area contributed by atoms with Crippen LogP contribution in [0.1, 0.15) is 36.9 Å². The number of anilines is 4. The minimum absolute atomic E-state index is 0.309. The molecule has 2 heterocycles. The largest absolute Gasteiger partial charge is 0.377 e. The van der Waals surface area contributed by atoms with Gasteiger partial charge in [0.15, 0.2) is 0 Å². The van der Waals surface area contributed by atoms with Gasteiger partial charge in [-0.25, -0.2) is 13.1 Å². The highest BCUT2D eigenvalue weighted by atomic mass is 32.2. The second-order valence-electron chi connectivity index (χ2n) is 11.4. The van der Waals surface area contributed by atoms with Gasteiger partial charge >= 0.3 is 0 Å². The van der Waals surface area contributed by atoms with Gasteiger partial charge in [-0.3, -0.25) is 4.98 Å². The average molecular weight is 654 g/mol. The average Bonchev–Trinajstić information content (AvgIpc) is 3.09. The van der Waals surface area contributed by atoms with Crippen LogP contribution in [-0.4, -0.2) is 62.1 Å². The van der Waals surface area contributed by atoms with E-state index in [1.165, 1.54) is 0 Å². The van der Waals surface area contributed by atoms with Crippen LogP contribution in [0.3, 0.4) is 0 Å². The molecule has 0 radical (unpaired) electrons. The molecular formula is C35H43N9O2S. The quantitative estimate of drug-likeness (QED) is 0.0872. The molecule has 5 aromatic rings. The summed E-state index contributed by atoms with van der Waals surface area (Å²) in [4.78, 5) is 20.4. The summed E-state index contributed by atoms with van der Waals surface area (Å²) in [5, 5.41) is 11.6. The van der Waals surface area contributed by atoms with Crippen LogP contribution in [0.5, 0.6) is 0 Å². The van der Waals surface area contributed by atoms with Crippen LogP contribution in [0.4, 0.5) is 23.5 Å². The van der Waals surface area contributed by atoms with Crippen LogP contribution in [0.15, 0.2) is 96.0 Å². The first-order chi connectivity index (χ1) is 22.9. The number of pyridine rings is 1. The van der Waals surface area contributed by atoms with Gasteiger partial charge < -0.3 is 20.9 Å². The molecule has 47 heavy (non-hydrogen) atoms. The number of hydrogen-bond acceptors (Lipinski definition) is 10. The minimum Gasteiger partial charge on any atom is -0.377 e. The van der Waals surface area contributed by atoms with Crippen molar-refractivity contribution in [2.75, 3.05) is 54.6 Å².